The summed E-state index contributed by atoms with van der Waals surface area (Å²) in [7, 11) is 0. The minimum absolute atomic E-state index is 0.144. The highest BCUT2D eigenvalue weighted by Crippen LogP contribution is 2.16. The van der Waals surface area contributed by atoms with Gasteiger partial charge in [0.25, 0.3) is 0 Å². The van der Waals surface area contributed by atoms with Crippen molar-refractivity contribution in [2.75, 3.05) is 13.1 Å². The molecule has 0 aliphatic heterocycles. The van der Waals surface area contributed by atoms with Gasteiger partial charge in [0.05, 0.1) is 17.6 Å². The molecule has 7 heteroatoms. The Morgan fingerprint density at radius 3 is 2.61 bits per heavy atom. The summed E-state index contributed by atoms with van der Waals surface area (Å²) < 4.78 is 13.5. The normalized spacial score (nSPS) is 9.94. The van der Waals surface area contributed by atoms with Crippen LogP contribution in [0.2, 0.25) is 0 Å². The lowest BCUT2D eigenvalue weighted by molar-refractivity contribution is -0.125. The highest BCUT2D eigenvalue weighted by molar-refractivity contribution is 9.10. The first-order valence-electron chi connectivity index (χ1n) is 5.20. The SMILES string of the molecule is NCC(=O)NCC(=O)NCc1ccc(Br)c(F)c1. The summed E-state index contributed by atoms with van der Waals surface area (Å²) in [6, 6.07) is 4.57. The third kappa shape index (κ3) is 4.80. The quantitative estimate of drug-likeness (QED) is 0.729. The lowest BCUT2D eigenvalue weighted by atomic mass is 10.2. The van der Waals surface area contributed by atoms with Crippen molar-refractivity contribution in [3.63, 3.8) is 0 Å². The van der Waals surface area contributed by atoms with Crippen LogP contribution in [0.1, 0.15) is 5.56 Å². The molecular formula is C11H13BrFN3O2. The van der Waals surface area contributed by atoms with Crippen LogP contribution in [0, 0.1) is 5.82 Å². The number of halogens is 2. The molecule has 0 aliphatic rings. The van der Waals surface area contributed by atoms with E-state index in [-0.39, 0.29) is 25.5 Å². The monoisotopic (exact) mass is 317 g/mol. The van der Waals surface area contributed by atoms with Crippen LogP contribution in [0.25, 0.3) is 0 Å². The second kappa shape index (κ2) is 7.07. The van der Waals surface area contributed by atoms with Crippen LogP contribution in [0.4, 0.5) is 4.39 Å². The molecular weight excluding hydrogens is 305 g/mol. The van der Waals surface area contributed by atoms with Crippen LogP contribution in [0.15, 0.2) is 22.7 Å². The van der Waals surface area contributed by atoms with Crippen LogP contribution in [-0.4, -0.2) is 24.9 Å². The maximum Gasteiger partial charge on any atom is 0.239 e. The first kappa shape index (κ1) is 14.6. The van der Waals surface area contributed by atoms with Gasteiger partial charge in [-0.2, -0.15) is 0 Å². The molecule has 4 N–H and O–H groups in total. The first-order chi connectivity index (χ1) is 8.52. The number of benzene rings is 1. The zero-order valence-corrected chi connectivity index (χ0v) is 11.1. The molecule has 5 nitrogen and oxygen atoms in total. The molecule has 0 bridgehead atoms. The average molecular weight is 318 g/mol. The van der Waals surface area contributed by atoms with Crippen molar-refractivity contribution in [1.29, 1.82) is 0 Å². The Balaban J connectivity index is 2.38. The largest absolute Gasteiger partial charge is 0.350 e. The molecule has 1 rings (SSSR count). The van der Waals surface area contributed by atoms with E-state index >= 15 is 0 Å². The smallest absolute Gasteiger partial charge is 0.239 e. The number of carbonyl (C=O) groups is 2. The molecule has 0 saturated heterocycles. The fraction of sp³-hybridized carbons (Fsp3) is 0.273. The van der Waals surface area contributed by atoms with Gasteiger partial charge < -0.3 is 16.4 Å². The molecule has 0 atom stereocenters. The van der Waals surface area contributed by atoms with E-state index in [0.29, 0.717) is 10.0 Å². The maximum absolute atomic E-state index is 13.2. The zero-order valence-electron chi connectivity index (χ0n) is 9.50. The Labute approximate surface area is 112 Å². The predicted octanol–water partition coefficient (Wildman–Crippen LogP) is 0.279. The van der Waals surface area contributed by atoms with Crippen LogP contribution in [0.5, 0.6) is 0 Å². The van der Waals surface area contributed by atoms with E-state index in [2.05, 4.69) is 26.6 Å². The highest BCUT2D eigenvalue weighted by Gasteiger charge is 2.05. The fourth-order valence-corrected chi connectivity index (χ4v) is 1.41. The van der Waals surface area contributed by atoms with Crippen molar-refractivity contribution in [3.05, 3.63) is 34.1 Å². The van der Waals surface area contributed by atoms with E-state index in [0.717, 1.165) is 0 Å². The van der Waals surface area contributed by atoms with Crippen molar-refractivity contribution in [3.8, 4) is 0 Å². The Morgan fingerprint density at radius 1 is 1.28 bits per heavy atom. The Kier molecular flexibility index (Phi) is 5.73. The summed E-state index contributed by atoms with van der Waals surface area (Å²) in [5, 5.41) is 4.88. The second-order valence-corrected chi connectivity index (χ2v) is 4.36. The minimum atomic E-state index is -0.403. The fourth-order valence-electron chi connectivity index (χ4n) is 1.16. The van der Waals surface area contributed by atoms with Crippen molar-refractivity contribution < 1.29 is 14.0 Å². The Bertz CT molecular complexity index is 454. The molecule has 0 aromatic heterocycles. The van der Waals surface area contributed by atoms with Crippen molar-refractivity contribution in [2.45, 2.75) is 6.54 Å². The van der Waals surface area contributed by atoms with E-state index in [9.17, 15) is 14.0 Å². The number of rotatable bonds is 5. The van der Waals surface area contributed by atoms with Gasteiger partial charge in [-0.25, -0.2) is 4.39 Å². The molecule has 18 heavy (non-hydrogen) atoms. The molecule has 0 radical (unpaired) electrons. The summed E-state index contributed by atoms with van der Waals surface area (Å²) in [4.78, 5) is 22.1. The lowest BCUT2D eigenvalue weighted by Crippen LogP contribution is -2.39. The van der Waals surface area contributed by atoms with Gasteiger partial charge in [-0.05, 0) is 33.6 Å². The number of nitrogens with one attached hydrogen (secondary N) is 2. The number of carbonyl (C=O) groups excluding carboxylic acids is 2. The molecule has 0 saturated carbocycles. The van der Waals surface area contributed by atoms with Gasteiger partial charge in [0.1, 0.15) is 5.82 Å². The van der Waals surface area contributed by atoms with Gasteiger partial charge in [-0.15, -0.1) is 0 Å². The molecule has 0 heterocycles. The third-order valence-electron chi connectivity index (χ3n) is 2.11. The van der Waals surface area contributed by atoms with Gasteiger partial charge in [-0.3, -0.25) is 9.59 Å². The van der Waals surface area contributed by atoms with E-state index < -0.39 is 11.7 Å². The van der Waals surface area contributed by atoms with Crippen molar-refractivity contribution in [2.24, 2.45) is 5.73 Å². The summed E-state index contributed by atoms with van der Waals surface area (Å²) in [6.45, 7) is -0.109. The second-order valence-electron chi connectivity index (χ2n) is 3.51. The standard InChI is InChI=1S/C11H13BrFN3O2/c12-8-2-1-7(3-9(8)13)5-15-11(18)6-16-10(17)4-14/h1-3H,4-6,14H2,(H,15,18)(H,16,17). The number of hydrogen-bond acceptors (Lipinski definition) is 3. The lowest BCUT2D eigenvalue weighted by Gasteiger charge is -2.06. The molecule has 1 aromatic rings. The highest BCUT2D eigenvalue weighted by atomic mass is 79.9. The van der Waals surface area contributed by atoms with Gasteiger partial charge >= 0.3 is 0 Å². The summed E-state index contributed by atoms with van der Waals surface area (Å²) in [5.41, 5.74) is 5.70. The van der Waals surface area contributed by atoms with Crippen LogP contribution < -0.4 is 16.4 Å². The summed E-state index contributed by atoms with van der Waals surface area (Å²) in [6.07, 6.45) is 0. The first-order valence-corrected chi connectivity index (χ1v) is 5.99. The molecule has 98 valence electrons. The summed E-state index contributed by atoms with van der Waals surface area (Å²) in [5.74, 6) is -1.15. The minimum Gasteiger partial charge on any atom is -0.350 e. The van der Waals surface area contributed by atoms with E-state index in [1.807, 2.05) is 0 Å². The molecule has 0 unspecified atom stereocenters. The molecule has 2 amide bonds. The maximum atomic E-state index is 13.2. The molecule has 0 aliphatic carbocycles. The van der Waals surface area contributed by atoms with Crippen LogP contribution in [0.3, 0.4) is 0 Å². The molecule has 1 aromatic carbocycles. The number of amides is 2. The predicted molar refractivity (Wildman–Crippen MR) is 68.0 cm³/mol. The summed E-state index contributed by atoms with van der Waals surface area (Å²) >= 11 is 3.04. The van der Waals surface area contributed by atoms with Crippen molar-refractivity contribution in [1.82, 2.24) is 10.6 Å². The topological polar surface area (TPSA) is 84.2 Å². The van der Waals surface area contributed by atoms with Gasteiger partial charge in [0.15, 0.2) is 0 Å². The van der Waals surface area contributed by atoms with Gasteiger partial charge in [0, 0.05) is 6.54 Å². The van der Waals surface area contributed by atoms with Crippen LogP contribution in [-0.2, 0) is 16.1 Å². The number of hydrogen-bond donors (Lipinski definition) is 3. The van der Waals surface area contributed by atoms with E-state index in [1.54, 1.807) is 12.1 Å². The van der Waals surface area contributed by atoms with E-state index in [1.165, 1.54) is 6.07 Å². The molecule has 0 fully saturated rings. The van der Waals surface area contributed by atoms with Crippen molar-refractivity contribution >= 4 is 27.7 Å². The van der Waals surface area contributed by atoms with Crippen LogP contribution >= 0.6 is 15.9 Å². The third-order valence-corrected chi connectivity index (χ3v) is 2.75. The Morgan fingerprint density at radius 2 is 2.00 bits per heavy atom. The van der Waals surface area contributed by atoms with Gasteiger partial charge in [-0.1, -0.05) is 6.07 Å². The Hall–Kier alpha value is -1.47. The average Bonchev–Trinajstić information content (AvgIpc) is 2.37. The zero-order chi connectivity index (χ0) is 13.5. The number of nitrogens with two attached hydrogens (primary N) is 1. The molecule has 0 spiro atoms. The van der Waals surface area contributed by atoms with Gasteiger partial charge in [0.2, 0.25) is 11.8 Å². The van der Waals surface area contributed by atoms with E-state index in [4.69, 9.17) is 5.73 Å².